The summed E-state index contributed by atoms with van der Waals surface area (Å²) in [6.07, 6.45) is 3.22. The Kier molecular flexibility index (Phi) is 2.82. The molecule has 0 fully saturated rings. The van der Waals surface area contributed by atoms with Gasteiger partial charge in [0, 0.05) is 18.0 Å². The zero-order valence-electron chi connectivity index (χ0n) is 9.51. The van der Waals surface area contributed by atoms with E-state index in [0.29, 0.717) is 22.8 Å². The summed E-state index contributed by atoms with van der Waals surface area (Å²) in [6.45, 7) is 3.40. The molecule has 17 heavy (non-hydrogen) atoms. The van der Waals surface area contributed by atoms with E-state index in [4.69, 9.17) is 0 Å². The summed E-state index contributed by atoms with van der Waals surface area (Å²) >= 11 is 0. The topological polar surface area (TPSA) is 76.0 Å². The van der Waals surface area contributed by atoms with Gasteiger partial charge in [-0.3, -0.25) is 4.98 Å². The van der Waals surface area contributed by atoms with Crippen molar-refractivity contribution in [1.29, 1.82) is 0 Å². The average Bonchev–Trinajstić information content (AvgIpc) is 2.28. The number of aromatic nitrogens is 3. The number of hydrogen-bond acceptors (Lipinski definition) is 4. The fraction of sp³-hybridized carbons (Fsp3) is 0.167. The van der Waals surface area contributed by atoms with Crippen molar-refractivity contribution in [2.45, 2.75) is 13.8 Å². The van der Waals surface area contributed by atoms with Gasteiger partial charge in [0.1, 0.15) is 11.4 Å². The van der Waals surface area contributed by atoms with Crippen molar-refractivity contribution in [3.05, 3.63) is 41.6 Å². The lowest BCUT2D eigenvalue weighted by Crippen LogP contribution is -2.08. The van der Waals surface area contributed by atoms with Crippen LogP contribution in [-0.2, 0) is 0 Å². The monoisotopic (exact) mass is 229 g/mol. The molecule has 2 rings (SSSR count). The Bertz CT molecular complexity index is 567. The largest absolute Gasteiger partial charge is 0.478 e. The minimum Gasteiger partial charge on any atom is -0.478 e. The fourth-order valence-corrected chi connectivity index (χ4v) is 1.68. The summed E-state index contributed by atoms with van der Waals surface area (Å²) in [7, 11) is 0. The minimum absolute atomic E-state index is 0.128. The van der Waals surface area contributed by atoms with Crippen molar-refractivity contribution < 1.29 is 9.90 Å². The fourth-order valence-electron chi connectivity index (χ4n) is 1.68. The van der Waals surface area contributed by atoms with Gasteiger partial charge in [-0.05, 0) is 26.0 Å². The molecular formula is C12H11N3O2. The predicted molar refractivity (Wildman–Crippen MR) is 61.7 cm³/mol. The third-order valence-corrected chi connectivity index (χ3v) is 2.35. The summed E-state index contributed by atoms with van der Waals surface area (Å²) in [5, 5.41) is 9.20. The highest BCUT2D eigenvalue weighted by atomic mass is 16.4. The second-order valence-corrected chi connectivity index (χ2v) is 3.63. The lowest BCUT2D eigenvalue weighted by molar-refractivity contribution is 0.0696. The maximum atomic E-state index is 11.2. The number of rotatable bonds is 2. The first kappa shape index (κ1) is 11.2. The predicted octanol–water partition coefficient (Wildman–Crippen LogP) is 1.85. The van der Waals surface area contributed by atoms with Crippen LogP contribution in [0.25, 0.3) is 11.3 Å². The van der Waals surface area contributed by atoms with Crippen LogP contribution in [0.5, 0.6) is 0 Å². The van der Waals surface area contributed by atoms with Gasteiger partial charge in [-0.2, -0.15) is 0 Å². The van der Waals surface area contributed by atoms with Crippen LogP contribution < -0.4 is 0 Å². The normalized spacial score (nSPS) is 10.2. The molecule has 0 saturated carbocycles. The Balaban J connectivity index is 2.72. The molecule has 0 aliphatic heterocycles. The third-order valence-electron chi connectivity index (χ3n) is 2.35. The summed E-state index contributed by atoms with van der Waals surface area (Å²) in [5.41, 5.74) is 1.68. The van der Waals surface area contributed by atoms with E-state index in [1.54, 1.807) is 38.4 Å². The Morgan fingerprint density at radius 1 is 1.29 bits per heavy atom. The molecule has 0 radical (unpaired) electrons. The van der Waals surface area contributed by atoms with Crippen molar-refractivity contribution in [2.75, 3.05) is 0 Å². The molecule has 0 aromatic carbocycles. The molecule has 2 aromatic heterocycles. The van der Waals surface area contributed by atoms with Gasteiger partial charge in [0.25, 0.3) is 0 Å². The van der Waals surface area contributed by atoms with Crippen LogP contribution >= 0.6 is 0 Å². The molecule has 2 heterocycles. The zero-order valence-corrected chi connectivity index (χ0v) is 9.51. The van der Waals surface area contributed by atoms with Crippen molar-refractivity contribution >= 4 is 5.97 Å². The first-order valence-corrected chi connectivity index (χ1v) is 5.08. The summed E-state index contributed by atoms with van der Waals surface area (Å²) in [6, 6.07) is 3.52. The number of hydrogen-bond donors (Lipinski definition) is 1. The number of pyridine rings is 1. The van der Waals surface area contributed by atoms with E-state index in [1.165, 1.54) is 0 Å². The van der Waals surface area contributed by atoms with Crippen molar-refractivity contribution in [3.8, 4) is 11.3 Å². The molecule has 0 aliphatic carbocycles. The first-order chi connectivity index (χ1) is 8.09. The molecular weight excluding hydrogens is 218 g/mol. The molecule has 0 bridgehead atoms. The highest BCUT2D eigenvalue weighted by molar-refractivity contribution is 5.95. The average molecular weight is 229 g/mol. The molecule has 5 heteroatoms. The summed E-state index contributed by atoms with van der Waals surface area (Å²) in [5.74, 6) is -0.479. The second-order valence-electron chi connectivity index (χ2n) is 3.63. The third kappa shape index (κ3) is 2.13. The Morgan fingerprint density at radius 3 is 2.65 bits per heavy atom. The maximum absolute atomic E-state index is 11.2. The zero-order chi connectivity index (χ0) is 12.4. The number of carboxylic acids is 1. The maximum Gasteiger partial charge on any atom is 0.339 e. The molecule has 86 valence electrons. The smallest absolute Gasteiger partial charge is 0.339 e. The van der Waals surface area contributed by atoms with Gasteiger partial charge in [0.05, 0.1) is 11.4 Å². The lowest BCUT2D eigenvalue weighted by Gasteiger charge is -2.08. The van der Waals surface area contributed by atoms with Crippen LogP contribution in [0.2, 0.25) is 0 Å². The molecule has 0 atom stereocenters. The van der Waals surface area contributed by atoms with Crippen molar-refractivity contribution in [1.82, 2.24) is 15.0 Å². The molecule has 1 N–H and O–H groups in total. The molecule has 2 aromatic rings. The van der Waals surface area contributed by atoms with E-state index in [9.17, 15) is 9.90 Å². The Labute approximate surface area is 98.2 Å². The standard InChI is InChI=1S/C12H11N3O2/c1-7-10(12(16)17)11(15-8(2)14-7)9-4-3-5-13-6-9/h3-6H,1-2H3,(H,16,17). The highest BCUT2D eigenvalue weighted by Crippen LogP contribution is 2.22. The van der Waals surface area contributed by atoms with Gasteiger partial charge >= 0.3 is 5.97 Å². The van der Waals surface area contributed by atoms with Crippen LogP contribution in [0, 0.1) is 13.8 Å². The van der Waals surface area contributed by atoms with Crippen molar-refractivity contribution in [2.24, 2.45) is 0 Å². The molecule has 0 unspecified atom stereocenters. The van der Waals surface area contributed by atoms with Gasteiger partial charge in [0.2, 0.25) is 0 Å². The quantitative estimate of drug-likeness (QED) is 0.850. The molecule has 0 saturated heterocycles. The van der Waals surface area contributed by atoms with Gasteiger partial charge in [-0.1, -0.05) is 0 Å². The number of aromatic carboxylic acids is 1. The van der Waals surface area contributed by atoms with Crippen LogP contribution in [0.15, 0.2) is 24.5 Å². The van der Waals surface area contributed by atoms with E-state index < -0.39 is 5.97 Å². The first-order valence-electron chi connectivity index (χ1n) is 5.08. The van der Waals surface area contributed by atoms with Gasteiger partial charge in [-0.15, -0.1) is 0 Å². The van der Waals surface area contributed by atoms with Crippen LogP contribution in [0.1, 0.15) is 21.9 Å². The van der Waals surface area contributed by atoms with Crippen LogP contribution in [0.4, 0.5) is 0 Å². The van der Waals surface area contributed by atoms with Gasteiger partial charge in [0.15, 0.2) is 0 Å². The van der Waals surface area contributed by atoms with Gasteiger partial charge < -0.3 is 5.11 Å². The number of aryl methyl sites for hydroxylation is 2. The van der Waals surface area contributed by atoms with E-state index in [0.717, 1.165) is 0 Å². The lowest BCUT2D eigenvalue weighted by atomic mass is 10.1. The van der Waals surface area contributed by atoms with E-state index in [1.807, 2.05) is 0 Å². The Hall–Kier alpha value is -2.30. The number of nitrogens with zero attached hydrogens (tertiary/aromatic N) is 3. The van der Waals surface area contributed by atoms with E-state index >= 15 is 0 Å². The summed E-state index contributed by atoms with van der Waals surface area (Å²) in [4.78, 5) is 23.5. The van der Waals surface area contributed by atoms with Crippen molar-refractivity contribution in [3.63, 3.8) is 0 Å². The second kappa shape index (κ2) is 4.29. The summed E-state index contributed by atoms with van der Waals surface area (Å²) < 4.78 is 0. The number of carboxylic acid groups (broad SMARTS) is 1. The Morgan fingerprint density at radius 2 is 2.06 bits per heavy atom. The molecule has 0 amide bonds. The van der Waals surface area contributed by atoms with Gasteiger partial charge in [-0.25, -0.2) is 14.8 Å². The highest BCUT2D eigenvalue weighted by Gasteiger charge is 2.18. The van der Waals surface area contributed by atoms with Crippen LogP contribution in [-0.4, -0.2) is 26.0 Å². The van der Waals surface area contributed by atoms with E-state index in [-0.39, 0.29) is 5.56 Å². The number of carbonyl (C=O) groups is 1. The molecule has 0 spiro atoms. The van der Waals surface area contributed by atoms with E-state index in [2.05, 4.69) is 15.0 Å². The minimum atomic E-state index is -1.03. The molecule has 0 aliphatic rings. The van der Waals surface area contributed by atoms with Crippen LogP contribution in [0.3, 0.4) is 0 Å². The molecule has 5 nitrogen and oxygen atoms in total. The SMILES string of the molecule is Cc1nc(C)c(C(=O)O)c(-c2cccnc2)n1.